The van der Waals surface area contributed by atoms with Gasteiger partial charge in [0.05, 0.1) is 11.8 Å². The SMILES string of the molecule is CCC(Sc1ccc(Cl)cc1)C(=O)NCCOc1cccc(C)c1. The summed E-state index contributed by atoms with van der Waals surface area (Å²) in [6.45, 7) is 4.98. The van der Waals surface area contributed by atoms with Crippen LogP contribution in [0.15, 0.2) is 53.4 Å². The molecule has 0 aliphatic heterocycles. The summed E-state index contributed by atoms with van der Waals surface area (Å²) in [6.07, 6.45) is 0.762. The maximum Gasteiger partial charge on any atom is 0.233 e. The van der Waals surface area contributed by atoms with Crippen LogP contribution in [0.1, 0.15) is 18.9 Å². The van der Waals surface area contributed by atoms with Crippen molar-refractivity contribution in [2.45, 2.75) is 30.4 Å². The number of nitrogens with one attached hydrogen (secondary N) is 1. The molecule has 0 fully saturated rings. The van der Waals surface area contributed by atoms with Gasteiger partial charge >= 0.3 is 0 Å². The number of rotatable bonds is 8. The fraction of sp³-hybridized carbons (Fsp3) is 0.316. The van der Waals surface area contributed by atoms with Crippen molar-refractivity contribution in [3.63, 3.8) is 0 Å². The van der Waals surface area contributed by atoms with Gasteiger partial charge in [0.1, 0.15) is 12.4 Å². The number of benzene rings is 2. The molecule has 2 rings (SSSR count). The quantitative estimate of drug-likeness (QED) is 0.545. The molecular weight excluding hydrogens is 342 g/mol. The van der Waals surface area contributed by atoms with Gasteiger partial charge in [-0.1, -0.05) is 30.7 Å². The van der Waals surface area contributed by atoms with Gasteiger partial charge in [-0.2, -0.15) is 0 Å². The van der Waals surface area contributed by atoms with E-state index in [0.29, 0.717) is 18.2 Å². The zero-order chi connectivity index (χ0) is 17.4. The molecule has 24 heavy (non-hydrogen) atoms. The molecule has 3 nitrogen and oxygen atoms in total. The van der Waals surface area contributed by atoms with Gasteiger partial charge in [-0.3, -0.25) is 4.79 Å². The Hall–Kier alpha value is -1.65. The highest BCUT2D eigenvalue weighted by Crippen LogP contribution is 2.26. The Morgan fingerprint density at radius 1 is 1.25 bits per heavy atom. The lowest BCUT2D eigenvalue weighted by atomic mass is 10.2. The molecule has 0 heterocycles. The van der Waals surface area contributed by atoms with Crippen LogP contribution in [0.2, 0.25) is 5.02 Å². The number of aryl methyl sites for hydroxylation is 1. The van der Waals surface area contributed by atoms with Gasteiger partial charge in [0.25, 0.3) is 0 Å². The second-order valence-corrected chi connectivity index (χ2v) is 7.14. The van der Waals surface area contributed by atoms with Crippen molar-refractivity contribution >= 4 is 29.3 Å². The van der Waals surface area contributed by atoms with Crippen LogP contribution in [0.4, 0.5) is 0 Å². The van der Waals surface area contributed by atoms with Gasteiger partial charge in [0.15, 0.2) is 0 Å². The highest BCUT2D eigenvalue weighted by atomic mass is 35.5. The van der Waals surface area contributed by atoms with Crippen molar-refractivity contribution < 1.29 is 9.53 Å². The third-order valence-corrected chi connectivity index (χ3v) is 5.04. The largest absolute Gasteiger partial charge is 0.492 e. The molecule has 0 bridgehead atoms. The normalized spacial score (nSPS) is 11.8. The highest BCUT2D eigenvalue weighted by Gasteiger charge is 2.17. The lowest BCUT2D eigenvalue weighted by Crippen LogP contribution is -2.35. The zero-order valence-electron chi connectivity index (χ0n) is 13.9. The predicted molar refractivity (Wildman–Crippen MR) is 101 cm³/mol. The lowest BCUT2D eigenvalue weighted by Gasteiger charge is -2.15. The van der Waals surface area contributed by atoms with E-state index in [1.54, 1.807) is 11.8 Å². The summed E-state index contributed by atoms with van der Waals surface area (Å²) < 4.78 is 5.65. The second kappa shape index (κ2) is 9.60. The third-order valence-electron chi connectivity index (χ3n) is 3.41. The number of hydrogen-bond donors (Lipinski definition) is 1. The van der Waals surface area contributed by atoms with Gasteiger partial charge in [0, 0.05) is 9.92 Å². The summed E-state index contributed by atoms with van der Waals surface area (Å²) in [5, 5.41) is 3.52. The van der Waals surface area contributed by atoms with Crippen molar-refractivity contribution in [3.8, 4) is 5.75 Å². The Morgan fingerprint density at radius 3 is 2.67 bits per heavy atom. The van der Waals surface area contributed by atoms with E-state index in [4.69, 9.17) is 16.3 Å². The Kier molecular flexibility index (Phi) is 7.47. The standard InChI is InChI=1S/C19H22ClNO2S/c1-3-18(24-17-9-7-15(20)8-10-17)19(22)21-11-12-23-16-6-4-5-14(2)13-16/h4-10,13,18H,3,11-12H2,1-2H3,(H,21,22). The summed E-state index contributed by atoms with van der Waals surface area (Å²) in [6, 6.07) is 15.4. The van der Waals surface area contributed by atoms with E-state index in [9.17, 15) is 4.79 Å². The minimum atomic E-state index is -0.120. The van der Waals surface area contributed by atoms with E-state index in [-0.39, 0.29) is 11.2 Å². The van der Waals surface area contributed by atoms with E-state index in [1.165, 1.54) is 0 Å². The number of amides is 1. The molecule has 1 amide bonds. The first kappa shape index (κ1) is 18.7. The predicted octanol–water partition coefficient (Wildman–Crippen LogP) is 4.71. The molecule has 0 saturated carbocycles. The topological polar surface area (TPSA) is 38.3 Å². The third kappa shape index (κ3) is 6.10. The zero-order valence-corrected chi connectivity index (χ0v) is 15.5. The smallest absolute Gasteiger partial charge is 0.233 e. The molecule has 0 aromatic heterocycles. The molecule has 0 aliphatic rings. The van der Waals surface area contributed by atoms with Crippen LogP contribution in [0.25, 0.3) is 0 Å². The number of halogens is 1. The maximum absolute atomic E-state index is 12.3. The first-order valence-electron chi connectivity index (χ1n) is 7.98. The van der Waals surface area contributed by atoms with Crippen molar-refractivity contribution in [2.75, 3.05) is 13.2 Å². The van der Waals surface area contributed by atoms with Crippen LogP contribution in [0.3, 0.4) is 0 Å². The number of carbonyl (C=O) groups is 1. The Bertz CT molecular complexity index is 661. The summed E-state index contributed by atoms with van der Waals surface area (Å²) >= 11 is 7.44. The highest BCUT2D eigenvalue weighted by molar-refractivity contribution is 8.00. The van der Waals surface area contributed by atoms with Gasteiger partial charge in [-0.25, -0.2) is 0 Å². The number of carbonyl (C=O) groups excluding carboxylic acids is 1. The minimum absolute atomic E-state index is 0.0327. The van der Waals surface area contributed by atoms with Crippen LogP contribution in [-0.2, 0) is 4.79 Å². The molecule has 0 radical (unpaired) electrons. The fourth-order valence-corrected chi connectivity index (χ4v) is 3.27. The molecule has 1 N–H and O–H groups in total. The van der Waals surface area contributed by atoms with Crippen LogP contribution in [0.5, 0.6) is 5.75 Å². The van der Waals surface area contributed by atoms with Gasteiger partial charge in [-0.05, 0) is 55.3 Å². The Balaban J connectivity index is 1.76. The summed E-state index contributed by atoms with van der Waals surface area (Å²) in [5.74, 6) is 0.858. The number of hydrogen-bond acceptors (Lipinski definition) is 3. The second-order valence-electron chi connectivity index (χ2n) is 5.42. The number of thioether (sulfide) groups is 1. The molecule has 1 unspecified atom stereocenters. The molecule has 1 atom stereocenters. The summed E-state index contributed by atoms with van der Waals surface area (Å²) in [4.78, 5) is 13.3. The molecule has 2 aromatic carbocycles. The molecule has 2 aromatic rings. The van der Waals surface area contributed by atoms with E-state index < -0.39 is 0 Å². The molecule has 128 valence electrons. The molecule has 0 saturated heterocycles. The fourth-order valence-electron chi connectivity index (χ4n) is 2.16. The number of ether oxygens (including phenoxy) is 1. The van der Waals surface area contributed by atoms with Crippen molar-refractivity contribution in [1.82, 2.24) is 5.32 Å². The first-order chi connectivity index (χ1) is 11.6. The van der Waals surface area contributed by atoms with Crippen LogP contribution in [-0.4, -0.2) is 24.3 Å². The maximum atomic E-state index is 12.3. The average Bonchev–Trinajstić information content (AvgIpc) is 2.58. The first-order valence-corrected chi connectivity index (χ1v) is 9.23. The lowest BCUT2D eigenvalue weighted by molar-refractivity contribution is -0.120. The molecule has 5 heteroatoms. The monoisotopic (exact) mass is 363 g/mol. The summed E-state index contributed by atoms with van der Waals surface area (Å²) in [5.41, 5.74) is 1.15. The average molecular weight is 364 g/mol. The molecule has 0 spiro atoms. The van der Waals surface area contributed by atoms with E-state index in [2.05, 4.69) is 5.32 Å². The van der Waals surface area contributed by atoms with Crippen molar-refractivity contribution in [1.29, 1.82) is 0 Å². The van der Waals surface area contributed by atoms with E-state index in [0.717, 1.165) is 22.6 Å². The molecular formula is C19H22ClNO2S. The Labute approximate surface area is 152 Å². The van der Waals surface area contributed by atoms with Crippen LogP contribution < -0.4 is 10.1 Å². The Morgan fingerprint density at radius 2 is 2.00 bits per heavy atom. The van der Waals surface area contributed by atoms with Crippen molar-refractivity contribution in [2.24, 2.45) is 0 Å². The van der Waals surface area contributed by atoms with Crippen LogP contribution >= 0.6 is 23.4 Å². The van der Waals surface area contributed by atoms with Crippen LogP contribution in [0, 0.1) is 6.92 Å². The van der Waals surface area contributed by atoms with E-state index in [1.807, 2.05) is 62.4 Å². The van der Waals surface area contributed by atoms with Gasteiger partial charge < -0.3 is 10.1 Å². The summed E-state index contributed by atoms with van der Waals surface area (Å²) in [7, 11) is 0. The minimum Gasteiger partial charge on any atom is -0.492 e. The van der Waals surface area contributed by atoms with E-state index >= 15 is 0 Å². The van der Waals surface area contributed by atoms with Gasteiger partial charge in [-0.15, -0.1) is 11.8 Å². The molecule has 0 aliphatic carbocycles. The van der Waals surface area contributed by atoms with Gasteiger partial charge in [0.2, 0.25) is 5.91 Å². The van der Waals surface area contributed by atoms with Crippen molar-refractivity contribution in [3.05, 3.63) is 59.1 Å².